The number of ether oxygens (including phenoxy) is 5. The second-order valence-corrected chi connectivity index (χ2v) is 9.77. The van der Waals surface area contributed by atoms with E-state index in [1.807, 2.05) is 22.6 Å². The van der Waals surface area contributed by atoms with Crippen molar-refractivity contribution in [3.63, 3.8) is 0 Å². The number of ketones is 2. The fourth-order valence-electron chi connectivity index (χ4n) is 2.86. The van der Waals surface area contributed by atoms with Gasteiger partial charge in [-0.05, 0) is 59.0 Å². The minimum absolute atomic E-state index is 0. The Morgan fingerprint density at radius 1 is 0.578 bits per heavy atom. The summed E-state index contributed by atoms with van der Waals surface area (Å²) in [5.74, 6) is -2.69. The van der Waals surface area contributed by atoms with Crippen LogP contribution in [0.2, 0.25) is 0 Å². The molecule has 0 saturated carbocycles. The van der Waals surface area contributed by atoms with Crippen LogP contribution < -0.4 is 18.9 Å². The number of halogens is 2. The second kappa shape index (κ2) is 23.8. The molecule has 0 aromatic heterocycles. The molecule has 2 rings (SSSR count). The molecule has 0 radical (unpaired) electrons. The fraction of sp³-hybridized carbons (Fsp3) is 0.400. The molecule has 0 aliphatic heterocycles. The largest absolute Gasteiger partial charge is 0.507 e. The van der Waals surface area contributed by atoms with Gasteiger partial charge in [0.1, 0.15) is 34.1 Å². The van der Waals surface area contributed by atoms with Crippen molar-refractivity contribution >= 4 is 80.6 Å². The molecule has 0 spiro atoms. The lowest BCUT2D eigenvalue weighted by atomic mass is 10.1. The molecule has 13 nitrogen and oxygen atoms in total. The molecule has 0 amide bonds. The van der Waals surface area contributed by atoms with E-state index >= 15 is 0 Å². The first-order valence-electron chi connectivity index (χ1n) is 11.2. The summed E-state index contributed by atoms with van der Waals surface area (Å²) in [6, 6.07) is 2.71. The van der Waals surface area contributed by atoms with E-state index in [1.54, 1.807) is 22.6 Å². The molecular formula is C30H44I2O13. The maximum Gasteiger partial charge on any atom is 0.310 e. The smallest absolute Gasteiger partial charge is 0.310 e. The number of methoxy groups -OCH3 is 2. The molecule has 2 N–H and O–H groups in total. The first kappa shape index (κ1) is 51.1. The van der Waals surface area contributed by atoms with E-state index < -0.39 is 23.9 Å². The molecule has 0 bridgehead atoms. The van der Waals surface area contributed by atoms with Crippen LogP contribution in [0.5, 0.6) is 34.5 Å². The summed E-state index contributed by atoms with van der Waals surface area (Å²) < 4.78 is 24.6. The molecule has 15 heteroatoms. The Morgan fingerprint density at radius 3 is 1.29 bits per heavy atom. The lowest BCUT2D eigenvalue weighted by molar-refractivity contribution is -0.156. The van der Waals surface area contributed by atoms with Crippen LogP contribution in [0.4, 0.5) is 0 Å². The molecular weight excluding hydrogens is 822 g/mol. The number of hydrogen-bond acceptors (Lipinski definition) is 13. The van der Waals surface area contributed by atoms with Gasteiger partial charge in [-0.2, -0.15) is 0 Å². The normalized spacial score (nSPS) is 8.67. The predicted molar refractivity (Wildman–Crippen MR) is 187 cm³/mol. The standard InChI is InChI=1S/C13H13IO6.C9H9IO4.C4H6O3.4CH4/c1-6(15)11-9(18-4)5-10(19-7(2)16)12(14)13(11)20-8(3)17;1-4(11)7-6(14-2)3-5(12)8(10)9(7)13;1-3(5)7-4(2)6;;;;/h5H,1-4H3;3,12-13H,1-2H3;1-2H3;4*1H4. The van der Waals surface area contributed by atoms with Crippen molar-refractivity contribution in [1.29, 1.82) is 0 Å². The van der Waals surface area contributed by atoms with Gasteiger partial charge < -0.3 is 33.9 Å². The van der Waals surface area contributed by atoms with E-state index in [4.69, 9.17) is 18.9 Å². The number of hydrogen-bond donors (Lipinski definition) is 2. The minimum Gasteiger partial charge on any atom is -0.507 e. The van der Waals surface area contributed by atoms with Crippen molar-refractivity contribution < 1.29 is 62.7 Å². The molecule has 0 unspecified atom stereocenters. The van der Waals surface area contributed by atoms with Crippen molar-refractivity contribution in [2.24, 2.45) is 0 Å². The summed E-state index contributed by atoms with van der Waals surface area (Å²) in [4.78, 5) is 64.8. The number of carbonyl (C=O) groups is 6. The zero-order valence-corrected chi connectivity index (χ0v) is 27.6. The molecule has 0 heterocycles. The van der Waals surface area contributed by atoms with Crippen LogP contribution in [0.15, 0.2) is 12.1 Å². The summed E-state index contributed by atoms with van der Waals surface area (Å²) >= 11 is 3.59. The molecule has 0 saturated heterocycles. The van der Waals surface area contributed by atoms with Gasteiger partial charge in [0.2, 0.25) is 0 Å². The highest BCUT2D eigenvalue weighted by molar-refractivity contribution is 14.1. The molecule has 0 aliphatic carbocycles. The van der Waals surface area contributed by atoms with Crippen LogP contribution in [0.25, 0.3) is 0 Å². The summed E-state index contributed by atoms with van der Waals surface area (Å²) in [7, 11) is 2.73. The van der Waals surface area contributed by atoms with Crippen molar-refractivity contribution in [3.8, 4) is 34.5 Å². The van der Waals surface area contributed by atoms with E-state index in [0.717, 1.165) is 0 Å². The van der Waals surface area contributed by atoms with E-state index in [0.29, 0.717) is 3.57 Å². The Balaban J connectivity index is -0.000000188. The van der Waals surface area contributed by atoms with E-state index in [1.165, 1.54) is 67.9 Å². The van der Waals surface area contributed by atoms with Crippen molar-refractivity contribution in [2.75, 3.05) is 14.2 Å². The lowest BCUT2D eigenvalue weighted by Crippen LogP contribution is -2.12. The molecule has 2 aromatic rings. The van der Waals surface area contributed by atoms with Gasteiger partial charge in [0.05, 0.1) is 21.4 Å². The summed E-state index contributed by atoms with van der Waals surface area (Å²) in [5, 5.41) is 19.0. The third-order valence-electron chi connectivity index (χ3n) is 4.27. The van der Waals surface area contributed by atoms with Gasteiger partial charge in [-0.3, -0.25) is 28.8 Å². The molecule has 0 atom stereocenters. The van der Waals surface area contributed by atoms with Gasteiger partial charge in [0.15, 0.2) is 23.1 Å². The lowest BCUT2D eigenvalue weighted by Gasteiger charge is -2.16. The zero-order chi connectivity index (χ0) is 32.2. The summed E-state index contributed by atoms with van der Waals surface area (Å²) in [6.45, 7) is 7.47. The van der Waals surface area contributed by atoms with Crippen LogP contribution in [0.3, 0.4) is 0 Å². The first-order chi connectivity index (χ1) is 18.9. The molecule has 0 fully saturated rings. The molecule has 256 valence electrons. The number of Topliss-reactive ketones (excluding diaryl/α,β-unsaturated/α-hetero) is 2. The Kier molecular flexibility index (Phi) is 27.1. The number of rotatable bonds is 6. The number of benzene rings is 2. The van der Waals surface area contributed by atoms with Gasteiger partial charge in [-0.1, -0.05) is 29.7 Å². The predicted octanol–water partition coefficient (Wildman–Crippen LogP) is 6.91. The summed E-state index contributed by atoms with van der Waals surface area (Å²) in [6.07, 6.45) is 0. The van der Waals surface area contributed by atoms with Gasteiger partial charge >= 0.3 is 23.9 Å². The fourth-order valence-corrected chi connectivity index (χ4v) is 3.93. The summed E-state index contributed by atoms with van der Waals surface area (Å²) in [5.41, 5.74) is 0.220. The highest BCUT2D eigenvalue weighted by atomic mass is 127. The minimum atomic E-state index is -0.590. The monoisotopic (exact) mass is 866 g/mol. The third-order valence-corrected chi connectivity index (χ3v) is 6.35. The van der Waals surface area contributed by atoms with Crippen LogP contribution in [0, 0.1) is 7.14 Å². The maximum absolute atomic E-state index is 11.7. The van der Waals surface area contributed by atoms with Crippen molar-refractivity contribution in [3.05, 3.63) is 30.4 Å². The first-order valence-corrected chi connectivity index (χ1v) is 13.3. The number of phenolic OH excluding ortho intramolecular Hbond substituents is 2. The van der Waals surface area contributed by atoms with Crippen LogP contribution in [-0.4, -0.2) is 59.9 Å². The topological polar surface area (TPSA) is 189 Å². The van der Waals surface area contributed by atoms with E-state index in [-0.39, 0.29) is 90.5 Å². The quantitative estimate of drug-likeness (QED) is 0.100. The van der Waals surface area contributed by atoms with Gasteiger partial charge in [0, 0.05) is 39.8 Å². The van der Waals surface area contributed by atoms with Crippen molar-refractivity contribution in [2.45, 2.75) is 71.2 Å². The van der Waals surface area contributed by atoms with Crippen molar-refractivity contribution in [1.82, 2.24) is 0 Å². The molecule has 0 aliphatic rings. The molecule has 45 heavy (non-hydrogen) atoms. The third kappa shape index (κ3) is 16.4. The molecule has 2 aromatic carbocycles. The Bertz CT molecular complexity index is 1340. The van der Waals surface area contributed by atoms with E-state index in [2.05, 4.69) is 4.74 Å². The van der Waals surface area contributed by atoms with Crippen LogP contribution in [-0.2, 0) is 23.9 Å². The zero-order valence-electron chi connectivity index (χ0n) is 23.3. The van der Waals surface area contributed by atoms with E-state index in [9.17, 15) is 39.0 Å². The maximum atomic E-state index is 11.7. The average molecular weight is 866 g/mol. The Morgan fingerprint density at radius 2 is 0.978 bits per heavy atom. The van der Waals surface area contributed by atoms with Gasteiger partial charge in [-0.15, -0.1) is 0 Å². The highest BCUT2D eigenvalue weighted by Crippen LogP contribution is 2.41. The number of esters is 4. The average Bonchev–Trinajstić information content (AvgIpc) is 2.83. The number of aromatic hydroxyl groups is 2. The Hall–Kier alpha value is -3.48. The Labute approximate surface area is 292 Å². The van der Waals surface area contributed by atoms with Gasteiger partial charge in [0.25, 0.3) is 0 Å². The number of carbonyl (C=O) groups excluding carboxylic acids is 6. The SMILES string of the molecule is C.C.C.C.CC(=O)OC(C)=O.COc1cc(O)c(I)c(O)c1C(C)=O.COc1cc(OC(C)=O)c(I)c(OC(C)=O)c1C(C)=O. The number of phenols is 2. The van der Waals surface area contributed by atoms with Gasteiger partial charge in [-0.25, -0.2) is 0 Å². The highest BCUT2D eigenvalue weighted by Gasteiger charge is 2.24. The van der Waals surface area contributed by atoms with Crippen LogP contribution >= 0.6 is 45.2 Å². The van der Waals surface area contributed by atoms with Crippen LogP contribution in [0.1, 0.15) is 92.0 Å². The second-order valence-electron chi connectivity index (χ2n) is 7.62.